The molecular weight excluding hydrogens is 415 g/mol. The second kappa shape index (κ2) is 6.10. The Balaban J connectivity index is 1.90. The Morgan fingerprint density at radius 1 is 0.909 bits per heavy atom. The van der Waals surface area contributed by atoms with Crippen molar-refractivity contribution in [3.05, 3.63) is 68.9 Å². The summed E-state index contributed by atoms with van der Waals surface area (Å²) in [6, 6.07) is 16.1. The first-order chi connectivity index (χ1) is 10.6. The maximum Gasteiger partial charge on any atom is 0.283 e. The van der Waals surface area contributed by atoms with Gasteiger partial charge in [0, 0.05) is 9.26 Å². The Bertz CT molecular complexity index is 772. The monoisotopic (exact) mass is 424 g/mol. The van der Waals surface area contributed by atoms with Crippen LogP contribution < -0.4 is 10.2 Å². The van der Waals surface area contributed by atoms with E-state index in [9.17, 15) is 9.59 Å². The van der Waals surface area contributed by atoms with Crippen LogP contribution in [-0.4, -0.2) is 11.8 Å². The van der Waals surface area contributed by atoms with Gasteiger partial charge in [0.1, 0.15) is 10.7 Å². The summed E-state index contributed by atoms with van der Waals surface area (Å²) >= 11 is 8.24. The summed E-state index contributed by atoms with van der Waals surface area (Å²) in [5.74, 6) is -0.981. The number of nitrogens with zero attached hydrogens (tertiary/aromatic N) is 1. The Morgan fingerprint density at radius 2 is 1.55 bits per heavy atom. The van der Waals surface area contributed by atoms with Crippen molar-refractivity contribution >= 4 is 57.4 Å². The van der Waals surface area contributed by atoms with E-state index in [-0.39, 0.29) is 10.7 Å². The predicted octanol–water partition coefficient (Wildman–Crippen LogP) is 3.73. The predicted molar refractivity (Wildman–Crippen MR) is 94.6 cm³/mol. The number of hydrogen-bond acceptors (Lipinski definition) is 3. The average molecular weight is 425 g/mol. The van der Waals surface area contributed by atoms with Crippen molar-refractivity contribution < 1.29 is 9.59 Å². The van der Waals surface area contributed by atoms with Crippen LogP contribution in [0.1, 0.15) is 0 Å². The fourth-order valence-corrected chi connectivity index (χ4v) is 2.67. The minimum absolute atomic E-state index is 0.0942. The van der Waals surface area contributed by atoms with Crippen LogP contribution in [0.15, 0.2) is 65.3 Å². The number of halogens is 2. The van der Waals surface area contributed by atoms with Crippen LogP contribution in [0.4, 0.5) is 11.4 Å². The summed E-state index contributed by atoms with van der Waals surface area (Å²) in [6.45, 7) is 0. The second-order valence-electron chi connectivity index (χ2n) is 4.60. The number of anilines is 2. The van der Waals surface area contributed by atoms with E-state index in [1.54, 1.807) is 24.3 Å². The van der Waals surface area contributed by atoms with Gasteiger partial charge in [-0.25, -0.2) is 4.90 Å². The number of nitrogens with one attached hydrogen (secondary N) is 1. The van der Waals surface area contributed by atoms with Crippen molar-refractivity contribution in [1.82, 2.24) is 0 Å². The van der Waals surface area contributed by atoms with Crippen molar-refractivity contribution in [3.63, 3.8) is 0 Å². The Labute approximate surface area is 145 Å². The first kappa shape index (κ1) is 15.1. The molecule has 0 saturated carbocycles. The topological polar surface area (TPSA) is 49.4 Å². The first-order valence-electron chi connectivity index (χ1n) is 6.44. The maximum absolute atomic E-state index is 12.5. The third kappa shape index (κ3) is 2.74. The van der Waals surface area contributed by atoms with Crippen LogP contribution in [0.2, 0.25) is 0 Å². The molecule has 4 nitrogen and oxygen atoms in total. The summed E-state index contributed by atoms with van der Waals surface area (Å²) in [5.41, 5.74) is 1.29. The van der Waals surface area contributed by atoms with Crippen LogP contribution in [0, 0.1) is 3.57 Å². The van der Waals surface area contributed by atoms with Gasteiger partial charge in [-0.2, -0.15) is 0 Å². The van der Waals surface area contributed by atoms with Gasteiger partial charge >= 0.3 is 0 Å². The molecule has 0 aromatic heterocycles. The number of amides is 2. The van der Waals surface area contributed by atoms with Crippen molar-refractivity contribution in [2.45, 2.75) is 0 Å². The summed E-state index contributed by atoms with van der Waals surface area (Å²) in [5, 5.41) is 2.83. The molecule has 2 aromatic carbocycles. The standard InChI is InChI=1S/C16H10ClIN2O2/c17-13-14(19-11-8-6-10(18)7-9-11)16(22)20(15(13)21)12-4-2-1-3-5-12/h1-9,19H. The Morgan fingerprint density at radius 3 is 2.18 bits per heavy atom. The lowest BCUT2D eigenvalue weighted by Crippen LogP contribution is -2.32. The van der Waals surface area contributed by atoms with E-state index >= 15 is 0 Å². The van der Waals surface area contributed by atoms with Crippen LogP contribution >= 0.6 is 34.2 Å². The van der Waals surface area contributed by atoms with Crippen molar-refractivity contribution in [2.24, 2.45) is 0 Å². The molecule has 0 aliphatic carbocycles. The van der Waals surface area contributed by atoms with Gasteiger partial charge in [0.2, 0.25) is 0 Å². The molecule has 1 aliphatic rings. The summed E-state index contributed by atoms with van der Waals surface area (Å²) in [6.07, 6.45) is 0. The smallest absolute Gasteiger partial charge is 0.283 e. The lowest BCUT2D eigenvalue weighted by atomic mass is 10.3. The molecule has 1 heterocycles. The minimum Gasteiger partial charge on any atom is -0.350 e. The highest BCUT2D eigenvalue weighted by Gasteiger charge is 2.38. The lowest BCUT2D eigenvalue weighted by Gasteiger charge is -2.14. The molecule has 3 rings (SSSR count). The quantitative estimate of drug-likeness (QED) is 0.603. The zero-order valence-corrected chi connectivity index (χ0v) is 14.1. The number of para-hydroxylation sites is 1. The van der Waals surface area contributed by atoms with Crippen molar-refractivity contribution in [3.8, 4) is 0 Å². The average Bonchev–Trinajstić information content (AvgIpc) is 2.74. The minimum atomic E-state index is -0.522. The van der Waals surface area contributed by atoms with Crippen LogP contribution in [0.25, 0.3) is 0 Å². The molecule has 1 N–H and O–H groups in total. The third-order valence-corrected chi connectivity index (χ3v) is 4.23. The molecule has 1 aliphatic heterocycles. The van der Waals surface area contributed by atoms with Crippen molar-refractivity contribution in [1.29, 1.82) is 0 Å². The van der Waals surface area contributed by atoms with E-state index in [0.29, 0.717) is 11.4 Å². The highest BCUT2D eigenvalue weighted by atomic mass is 127. The van der Waals surface area contributed by atoms with Gasteiger partial charge in [-0.15, -0.1) is 0 Å². The van der Waals surface area contributed by atoms with E-state index in [2.05, 4.69) is 27.9 Å². The number of hydrogen-bond donors (Lipinski definition) is 1. The maximum atomic E-state index is 12.5. The van der Waals surface area contributed by atoms with Crippen LogP contribution in [0.3, 0.4) is 0 Å². The fraction of sp³-hybridized carbons (Fsp3) is 0. The number of benzene rings is 2. The molecule has 0 fully saturated rings. The summed E-state index contributed by atoms with van der Waals surface area (Å²) < 4.78 is 1.07. The molecular formula is C16H10ClIN2O2. The Hall–Kier alpha value is -1.86. The SMILES string of the molecule is O=C1C(Cl)=C(Nc2ccc(I)cc2)C(=O)N1c1ccccc1. The molecule has 0 unspecified atom stereocenters. The Kier molecular flexibility index (Phi) is 4.17. The molecule has 2 amide bonds. The lowest BCUT2D eigenvalue weighted by molar-refractivity contribution is -0.120. The largest absolute Gasteiger partial charge is 0.350 e. The van der Waals surface area contributed by atoms with Gasteiger partial charge in [0.15, 0.2) is 0 Å². The van der Waals surface area contributed by atoms with Crippen LogP contribution in [-0.2, 0) is 9.59 Å². The fourth-order valence-electron chi connectivity index (χ4n) is 2.10. The molecule has 2 aromatic rings. The number of imide groups is 1. The van der Waals surface area contributed by atoms with Gasteiger partial charge in [0.05, 0.1) is 5.69 Å². The zero-order valence-electron chi connectivity index (χ0n) is 11.2. The first-order valence-corrected chi connectivity index (χ1v) is 7.90. The third-order valence-electron chi connectivity index (χ3n) is 3.16. The van der Waals surface area contributed by atoms with E-state index in [1.165, 1.54) is 0 Å². The highest BCUT2D eigenvalue weighted by Crippen LogP contribution is 2.29. The normalized spacial score (nSPS) is 14.7. The molecule has 0 atom stereocenters. The molecule has 0 radical (unpaired) electrons. The second-order valence-corrected chi connectivity index (χ2v) is 6.23. The van der Waals surface area contributed by atoms with Gasteiger partial charge in [-0.1, -0.05) is 29.8 Å². The van der Waals surface area contributed by atoms with E-state index in [4.69, 9.17) is 11.6 Å². The van der Waals surface area contributed by atoms with Gasteiger partial charge in [-0.3, -0.25) is 9.59 Å². The van der Waals surface area contributed by atoms with Gasteiger partial charge in [-0.05, 0) is 59.0 Å². The number of carbonyl (C=O) groups excluding carboxylic acids is 2. The van der Waals surface area contributed by atoms with Gasteiger partial charge in [0.25, 0.3) is 11.8 Å². The van der Waals surface area contributed by atoms with E-state index in [1.807, 2.05) is 30.3 Å². The highest BCUT2D eigenvalue weighted by molar-refractivity contribution is 14.1. The van der Waals surface area contributed by atoms with Gasteiger partial charge < -0.3 is 5.32 Å². The molecule has 0 saturated heterocycles. The number of rotatable bonds is 3. The summed E-state index contributed by atoms with van der Waals surface area (Å²) in [4.78, 5) is 25.8. The van der Waals surface area contributed by atoms with Crippen LogP contribution in [0.5, 0.6) is 0 Å². The zero-order chi connectivity index (χ0) is 15.7. The van der Waals surface area contributed by atoms with Crippen molar-refractivity contribution in [2.75, 3.05) is 10.2 Å². The molecule has 6 heteroatoms. The van der Waals surface area contributed by atoms with E-state index in [0.717, 1.165) is 8.47 Å². The summed E-state index contributed by atoms with van der Waals surface area (Å²) in [7, 11) is 0. The molecule has 0 bridgehead atoms. The molecule has 22 heavy (non-hydrogen) atoms. The number of carbonyl (C=O) groups is 2. The van der Waals surface area contributed by atoms with E-state index < -0.39 is 11.8 Å². The molecule has 110 valence electrons. The molecule has 0 spiro atoms.